The molecule has 3 aromatic rings. The Balaban J connectivity index is 1.84. The summed E-state index contributed by atoms with van der Waals surface area (Å²) in [7, 11) is 1.62. The van der Waals surface area contributed by atoms with Gasteiger partial charge in [-0.2, -0.15) is 0 Å². The maximum atomic E-state index is 5.22. The summed E-state index contributed by atoms with van der Waals surface area (Å²) in [5.41, 5.74) is 1.95. The summed E-state index contributed by atoms with van der Waals surface area (Å²) in [5.74, 6) is 1.47. The molecule has 0 aliphatic heterocycles. The Kier molecular flexibility index (Phi) is 3.24. The predicted molar refractivity (Wildman–Crippen MR) is 75.5 cm³/mol. The molecule has 3 heterocycles. The van der Waals surface area contributed by atoms with Gasteiger partial charge in [0.05, 0.1) is 17.3 Å². The summed E-state index contributed by atoms with van der Waals surface area (Å²) in [6, 6.07) is 5.85. The van der Waals surface area contributed by atoms with E-state index in [4.69, 9.17) is 4.74 Å². The van der Waals surface area contributed by atoms with Crippen LogP contribution in [-0.2, 0) is 6.54 Å². The molecule has 3 aromatic heterocycles. The Morgan fingerprint density at radius 1 is 1.26 bits per heavy atom. The van der Waals surface area contributed by atoms with Crippen molar-refractivity contribution >= 4 is 27.4 Å². The van der Waals surface area contributed by atoms with Gasteiger partial charge in [-0.05, 0) is 17.5 Å². The average Bonchev–Trinajstić information content (AvgIpc) is 2.94. The zero-order valence-electron chi connectivity index (χ0n) is 10.3. The molecule has 0 aromatic carbocycles. The van der Waals surface area contributed by atoms with Crippen LogP contribution in [0.25, 0.3) is 10.2 Å². The summed E-state index contributed by atoms with van der Waals surface area (Å²) in [6.45, 7) is 0.612. The highest BCUT2D eigenvalue weighted by atomic mass is 32.1. The Morgan fingerprint density at radius 3 is 3.11 bits per heavy atom. The number of fused-ring (bicyclic) bond motifs is 1. The number of nitrogens with zero attached hydrogens (tertiary/aromatic N) is 3. The molecular weight excluding hydrogens is 260 g/mol. The zero-order valence-corrected chi connectivity index (χ0v) is 11.1. The van der Waals surface area contributed by atoms with Crippen molar-refractivity contribution in [3.8, 4) is 5.88 Å². The van der Waals surface area contributed by atoms with E-state index in [0.717, 1.165) is 21.6 Å². The van der Waals surface area contributed by atoms with E-state index in [0.29, 0.717) is 12.4 Å². The molecule has 1 N–H and O–H groups in total. The molecule has 0 unspecified atom stereocenters. The molecule has 3 rings (SSSR count). The third-order valence-electron chi connectivity index (χ3n) is 2.73. The van der Waals surface area contributed by atoms with Crippen molar-refractivity contribution < 1.29 is 4.74 Å². The normalized spacial score (nSPS) is 10.6. The molecule has 0 fully saturated rings. The number of methoxy groups -OCH3 is 1. The minimum atomic E-state index is 0.612. The third-order valence-corrected chi connectivity index (χ3v) is 3.64. The fourth-order valence-corrected chi connectivity index (χ4v) is 2.65. The van der Waals surface area contributed by atoms with E-state index in [1.165, 1.54) is 0 Å². The standard InChI is InChI=1S/C13H12N4OS/c1-18-13-9(3-2-5-14-13)7-15-12-11-10(4-6-19-11)16-8-17-12/h2-6,8H,7H2,1H3,(H,15,16,17). The summed E-state index contributed by atoms with van der Waals surface area (Å²) in [4.78, 5) is 12.7. The smallest absolute Gasteiger partial charge is 0.218 e. The van der Waals surface area contributed by atoms with Crippen LogP contribution in [0.2, 0.25) is 0 Å². The van der Waals surface area contributed by atoms with E-state index in [1.807, 2.05) is 23.6 Å². The quantitative estimate of drug-likeness (QED) is 0.791. The molecule has 0 saturated carbocycles. The highest BCUT2D eigenvalue weighted by molar-refractivity contribution is 7.17. The Bertz CT molecular complexity index is 698. The topological polar surface area (TPSA) is 59.9 Å². The van der Waals surface area contributed by atoms with Crippen LogP contribution in [0.1, 0.15) is 5.56 Å². The second kappa shape index (κ2) is 5.19. The Hall–Kier alpha value is -2.21. The fraction of sp³-hybridized carbons (Fsp3) is 0.154. The number of ether oxygens (including phenoxy) is 1. The van der Waals surface area contributed by atoms with Gasteiger partial charge in [0.25, 0.3) is 0 Å². The van der Waals surface area contributed by atoms with E-state index >= 15 is 0 Å². The van der Waals surface area contributed by atoms with Gasteiger partial charge >= 0.3 is 0 Å². The molecule has 19 heavy (non-hydrogen) atoms. The van der Waals surface area contributed by atoms with Crippen molar-refractivity contribution in [1.29, 1.82) is 0 Å². The van der Waals surface area contributed by atoms with Crippen molar-refractivity contribution in [2.75, 3.05) is 12.4 Å². The van der Waals surface area contributed by atoms with Gasteiger partial charge in [0, 0.05) is 18.3 Å². The average molecular weight is 272 g/mol. The number of hydrogen-bond acceptors (Lipinski definition) is 6. The summed E-state index contributed by atoms with van der Waals surface area (Å²) in [5, 5.41) is 5.31. The van der Waals surface area contributed by atoms with Gasteiger partial charge < -0.3 is 10.1 Å². The van der Waals surface area contributed by atoms with Gasteiger partial charge in [0.1, 0.15) is 12.1 Å². The molecule has 0 spiro atoms. The van der Waals surface area contributed by atoms with Crippen LogP contribution in [0.3, 0.4) is 0 Å². The van der Waals surface area contributed by atoms with E-state index in [2.05, 4.69) is 20.3 Å². The molecule has 0 radical (unpaired) electrons. The lowest BCUT2D eigenvalue weighted by Gasteiger charge is -2.09. The van der Waals surface area contributed by atoms with E-state index in [1.54, 1.807) is 31.0 Å². The minimum absolute atomic E-state index is 0.612. The molecule has 0 amide bonds. The number of anilines is 1. The van der Waals surface area contributed by atoms with Gasteiger partial charge in [-0.3, -0.25) is 0 Å². The van der Waals surface area contributed by atoms with Crippen molar-refractivity contribution in [2.45, 2.75) is 6.54 Å². The number of rotatable bonds is 4. The van der Waals surface area contributed by atoms with Crippen LogP contribution in [0.4, 0.5) is 5.82 Å². The van der Waals surface area contributed by atoms with Gasteiger partial charge in [0.2, 0.25) is 5.88 Å². The molecule has 96 valence electrons. The van der Waals surface area contributed by atoms with Crippen LogP contribution < -0.4 is 10.1 Å². The van der Waals surface area contributed by atoms with Crippen LogP contribution in [0.5, 0.6) is 5.88 Å². The van der Waals surface area contributed by atoms with Crippen LogP contribution >= 0.6 is 11.3 Å². The summed E-state index contributed by atoms with van der Waals surface area (Å²) >= 11 is 1.62. The molecule has 0 aliphatic rings. The first-order chi connectivity index (χ1) is 9.38. The van der Waals surface area contributed by atoms with Crippen molar-refractivity contribution in [2.24, 2.45) is 0 Å². The fourth-order valence-electron chi connectivity index (χ4n) is 1.84. The third kappa shape index (κ3) is 2.34. The first kappa shape index (κ1) is 11.9. The lowest BCUT2D eigenvalue weighted by molar-refractivity contribution is 0.393. The first-order valence-electron chi connectivity index (χ1n) is 5.78. The SMILES string of the molecule is COc1ncccc1CNc1ncnc2ccsc12. The number of nitrogens with one attached hydrogen (secondary N) is 1. The van der Waals surface area contributed by atoms with E-state index in [-0.39, 0.29) is 0 Å². The predicted octanol–water partition coefficient (Wildman–Crippen LogP) is 2.71. The second-order valence-corrected chi connectivity index (χ2v) is 4.80. The van der Waals surface area contributed by atoms with Gasteiger partial charge in [0.15, 0.2) is 0 Å². The zero-order chi connectivity index (χ0) is 13.1. The van der Waals surface area contributed by atoms with Gasteiger partial charge in [-0.15, -0.1) is 11.3 Å². The van der Waals surface area contributed by atoms with E-state index < -0.39 is 0 Å². The lowest BCUT2D eigenvalue weighted by atomic mass is 10.2. The molecule has 0 bridgehead atoms. The monoisotopic (exact) mass is 272 g/mol. The first-order valence-corrected chi connectivity index (χ1v) is 6.66. The Labute approximate surface area is 114 Å². The van der Waals surface area contributed by atoms with Crippen molar-refractivity contribution in [3.05, 3.63) is 41.7 Å². The number of thiophene rings is 1. The minimum Gasteiger partial charge on any atom is -0.481 e. The summed E-state index contributed by atoms with van der Waals surface area (Å²) < 4.78 is 6.29. The second-order valence-electron chi connectivity index (χ2n) is 3.88. The highest BCUT2D eigenvalue weighted by Crippen LogP contribution is 2.25. The van der Waals surface area contributed by atoms with Gasteiger partial charge in [-0.1, -0.05) is 6.07 Å². The molecule has 6 heteroatoms. The number of aromatic nitrogens is 3. The van der Waals surface area contributed by atoms with Crippen LogP contribution in [0, 0.1) is 0 Å². The molecular formula is C13H12N4OS. The van der Waals surface area contributed by atoms with Crippen molar-refractivity contribution in [3.63, 3.8) is 0 Å². The number of pyridine rings is 1. The van der Waals surface area contributed by atoms with Crippen LogP contribution in [0.15, 0.2) is 36.1 Å². The number of hydrogen-bond donors (Lipinski definition) is 1. The largest absolute Gasteiger partial charge is 0.481 e. The van der Waals surface area contributed by atoms with E-state index in [9.17, 15) is 0 Å². The molecule has 0 aliphatic carbocycles. The molecule has 5 nitrogen and oxygen atoms in total. The van der Waals surface area contributed by atoms with Crippen LogP contribution in [-0.4, -0.2) is 22.1 Å². The molecule has 0 saturated heterocycles. The lowest BCUT2D eigenvalue weighted by Crippen LogP contribution is -2.04. The maximum absolute atomic E-state index is 5.22. The highest BCUT2D eigenvalue weighted by Gasteiger charge is 2.07. The van der Waals surface area contributed by atoms with Crippen molar-refractivity contribution in [1.82, 2.24) is 15.0 Å². The maximum Gasteiger partial charge on any atom is 0.218 e. The van der Waals surface area contributed by atoms with Gasteiger partial charge in [-0.25, -0.2) is 15.0 Å². The Morgan fingerprint density at radius 2 is 2.21 bits per heavy atom. The molecule has 0 atom stereocenters. The summed E-state index contributed by atoms with van der Waals surface area (Å²) in [6.07, 6.45) is 3.28.